The highest BCUT2D eigenvalue weighted by atomic mass is 19.1. The van der Waals surface area contributed by atoms with Crippen molar-refractivity contribution in [3.63, 3.8) is 0 Å². The first-order chi connectivity index (χ1) is 8.19. The molecule has 1 aromatic rings. The van der Waals surface area contributed by atoms with E-state index in [1.54, 1.807) is 19.1 Å². The number of ether oxygens (including phenoxy) is 1. The van der Waals surface area contributed by atoms with E-state index in [4.69, 9.17) is 4.74 Å². The SMILES string of the molecule is CCCC(COc1cccc(C)c1F)NCC. The van der Waals surface area contributed by atoms with Gasteiger partial charge in [-0.2, -0.15) is 0 Å². The Morgan fingerprint density at radius 1 is 1.35 bits per heavy atom. The Morgan fingerprint density at radius 3 is 2.76 bits per heavy atom. The molecule has 0 fully saturated rings. The van der Waals surface area contributed by atoms with Crippen molar-refractivity contribution in [1.29, 1.82) is 0 Å². The molecule has 1 N–H and O–H groups in total. The summed E-state index contributed by atoms with van der Waals surface area (Å²) >= 11 is 0. The van der Waals surface area contributed by atoms with Crippen LogP contribution in [0.5, 0.6) is 5.75 Å². The molecule has 1 atom stereocenters. The lowest BCUT2D eigenvalue weighted by Crippen LogP contribution is -2.34. The fourth-order valence-electron chi connectivity index (χ4n) is 1.80. The molecule has 1 rings (SSSR count). The fourth-order valence-corrected chi connectivity index (χ4v) is 1.80. The van der Waals surface area contributed by atoms with Crippen molar-refractivity contribution in [1.82, 2.24) is 5.32 Å². The van der Waals surface area contributed by atoms with E-state index in [2.05, 4.69) is 19.2 Å². The Labute approximate surface area is 103 Å². The summed E-state index contributed by atoms with van der Waals surface area (Å²) in [5, 5.41) is 3.34. The molecule has 0 spiro atoms. The molecule has 1 unspecified atom stereocenters. The van der Waals surface area contributed by atoms with E-state index in [1.165, 1.54) is 0 Å². The first kappa shape index (κ1) is 14.0. The number of benzene rings is 1. The lowest BCUT2D eigenvalue weighted by Gasteiger charge is -2.18. The third-order valence-corrected chi connectivity index (χ3v) is 2.73. The van der Waals surface area contributed by atoms with Gasteiger partial charge in [-0.05, 0) is 31.5 Å². The number of halogens is 1. The maximum atomic E-state index is 13.7. The van der Waals surface area contributed by atoms with Crippen LogP contribution < -0.4 is 10.1 Å². The minimum atomic E-state index is -0.251. The van der Waals surface area contributed by atoms with Crippen LogP contribution in [0.15, 0.2) is 18.2 Å². The van der Waals surface area contributed by atoms with Gasteiger partial charge in [0.05, 0.1) is 0 Å². The van der Waals surface area contributed by atoms with E-state index in [0.29, 0.717) is 24.0 Å². The molecule has 0 aliphatic carbocycles. The molecule has 0 saturated carbocycles. The second kappa shape index (κ2) is 7.28. The van der Waals surface area contributed by atoms with Crippen LogP contribution >= 0.6 is 0 Å². The maximum absolute atomic E-state index is 13.7. The lowest BCUT2D eigenvalue weighted by atomic mass is 10.2. The van der Waals surface area contributed by atoms with E-state index in [-0.39, 0.29) is 5.82 Å². The van der Waals surface area contributed by atoms with Crippen LogP contribution in [-0.2, 0) is 0 Å². The molecule has 3 heteroatoms. The van der Waals surface area contributed by atoms with Crippen molar-refractivity contribution in [2.75, 3.05) is 13.2 Å². The summed E-state index contributed by atoms with van der Waals surface area (Å²) in [5.41, 5.74) is 0.623. The minimum absolute atomic E-state index is 0.251. The van der Waals surface area contributed by atoms with Gasteiger partial charge in [-0.3, -0.25) is 0 Å². The van der Waals surface area contributed by atoms with Crippen molar-refractivity contribution >= 4 is 0 Å². The van der Waals surface area contributed by atoms with Crippen molar-refractivity contribution < 1.29 is 9.13 Å². The Bertz CT molecular complexity index is 335. The number of likely N-dealkylation sites (N-methyl/N-ethyl adjacent to an activating group) is 1. The van der Waals surface area contributed by atoms with Gasteiger partial charge >= 0.3 is 0 Å². The molecule has 2 nitrogen and oxygen atoms in total. The topological polar surface area (TPSA) is 21.3 Å². The smallest absolute Gasteiger partial charge is 0.167 e. The first-order valence-electron chi connectivity index (χ1n) is 6.30. The molecule has 0 bridgehead atoms. The molecule has 96 valence electrons. The van der Waals surface area contributed by atoms with Gasteiger partial charge in [-0.25, -0.2) is 4.39 Å². The normalized spacial score (nSPS) is 12.5. The Balaban J connectivity index is 2.55. The summed E-state index contributed by atoms with van der Waals surface area (Å²) in [4.78, 5) is 0. The third kappa shape index (κ3) is 4.35. The second-order valence-corrected chi connectivity index (χ2v) is 4.24. The molecule has 0 heterocycles. The number of rotatable bonds is 7. The zero-order valence-electron chi connectivity index (χ0n) is 10.9. The predicted molar refractivity (Wildman–Crippen MR) is 69.0 cm³/mol. The average molecular weight is 239 g/mol. The Morgan fingerprint density at radius 2 is 2.12 bits per heavy atom. The Hall–Kier alpha value is -1.09. The lowest BCUT2D eigenvalue weighted by molar-refractivity contribution is 0.247. The monoisotopic (exact) mass is 239 g/mol. The van der Waals surface area contributed by atoms with Crippen LogP contribution in [0.25, 0.3) is 0 Å². The number of aryl methyl sites for hydroxylation is 1. The summed E-state index contributed by atoms with van der Waals surface area (Å²) in [5.74, 6) is 0.100. The number of hydrogen-bond donors (Lipinski definition) is 1. The van der Waals surface area contributed by atoms with Gasteiger partial charge in [0, 0.05) is 6.04 Å². The van der Waals surface area contributed by atoms with E-state index in [0.717, 1.165) is 19.4 Å². The van der Waals surface area contributed by atoms with Gasteiger partial charge < -0.3 is 10.1 Å². The molecule has 0 aliphatic heterocycles. The summed E-state index contributed by atoms with van der Waals surface area (Å²) in [6, 6.07) is 5.54. The van der Waals surface area contributed by atoms with Crippen molar-refractivity contribution in [3.05, 3.63) is 29.6 Å². The van der Waals surface area contributed by atoms with Crippen LogP contribution in [0.3, 0.4) is 0 Å². The largest absolute Gasteiger partial charge is 0.489 e. The van der Waals surface area contributed by atoms with Crippen molar-refractivity contribution in [2.45, 2.75) is 39.7 Å². The van der Waals surface area contributed by atoms with Gasteiger partial charge in [0.2, 0.25) is 0 Å². The molecule has 0 amide bonds. The van der Waals surface area contributed by atoms with E-state index in [1.807, 2.05) is 6.07 Å². The predicted octanol–water partition coefficient (Wildman–Crippen LogP) is 3.29. The van der Waals surface area contributed by atoms with Crippen LogP contribution in [0, 0.1) is 12.7 Å². The molecule has 17 heavy (non-hydrogen) atoms. The van der Waals surface area contributed by atoms with Crippen LogP contribution in [0.1, 0.15) is 32.3 Å². The summed E-state index contributed by atoms with van der Waals surface area (Å²) in [6.45, 7) is 7.37. The molecular formula is C14H22FNO. The first-order valence-corrected chi connectivity index (χ1v) is 6.30. The van der Waals surface area contributed by atoms with E-state index >= 15 is 0 Å². The van der Waals surface area contributed by atoms with Gasteiger partial charge in [0.1, 0.15) is 6.61 Å². The third-order valence-electron chi connectivity index (χ3n) is 2.73. The van der Waals surface area contributed by atoms with Gasteiger partial charge in [0.15, 0.2) is 11.6 Å². The standard InChI is InChI=1S/C14H22FNO/c1-4-7-12(16-5-2)10-17-13-9-6-8-11(3)14(13)15/h6,8-9,12,16H,4-5,7,10H2,1-3H3. The van der Waals surface area contributed by atoms with Crippen molar-refractivity contribution in [2.24, 2.45) is 0 Å². The van der Waals surface area contributed by atoms with E-state index in [9.17, 15) is 4.39 Å². The summed E-state index contributed by atoms with van der Waals surface area (Å²) < 4.78 is 19.2. The Kier molecular flexibility index (Phi) is 5.98. The van der Waals surface area contributed by atoms with Gasteiger partial charge in [0.25, 0.3) is 0 Å². The molecular weight excluding hydrogens is 217 g/mol. The molecule has 0 aliphatic rings. The molecule has 0 radical (unpaired) electrons. The highest BCUT2D eigenvalue weighted by Gasteiger charge is 2.10. The summed E-state index contributed by atoms with van der Waals surface area (Å²) in [6.07, 6.45) is 2.14. The zero-order chi connectivity index (χ0) is 12.7. The highest BCUT2D eigenvalue weighted by Crippen LogP contribution is 2.19. The maximum Gasteiger partial charge on any atom is 0.167 e. The molecule has 0 saturated heterocycles. The average Bonchev–Trinajstić information content (AvgIpc) is 2.31. The fraction of sp³-hybridized carbons (Fsp3) is 0.571. The summed E-state index contributed by atoms with van der Waals surface area (Å²) in [7, 11) is 0. The number of hydrogen-bond acceptors (Lipinski definition) is 2. The van der Waals surface area contributed by atoms with Gasteiger partial charge in [-0.15, -0.1) is 0 Å². The minimum Gasteiger partial charge on any atom is -0.489 e. The van der Waals surface area contributed by atoms with Crippen LogP contribution in [-0.4, -0.2) is 19.2 Å². The quantitative estimate of drug-likeness (QED) is 0.788. The van der Waals surface area contributed by atoms with Crippen molar-refractivity contribution in [3.8, 4) is 5.75 Å². The molecule has 0 aromatic heterocycles. The van der Waals surface area contributed by atoms with Crippen LogP contribution in [0.4, 0.5) is 4.39 Å². The van der Waals surface area contributed by atoms with E-state index < -0.39 is 0 Å². The second-order valence-electron chi connectivity index (χ2n) is 4.24. The molecule has 1 aromatic carbocycles. The zero-order valence-corrected chi connectivity index (χ0v) is 10.9. The highest BCUT2D eigenvalue weighted by molar-refractivity contribution is 5.30. The number of nitrogens with one attached hydrogen (secondary N) is 1. The van der Waals surface area contributed by atoms with Crippen LogP contribution in [0.2, 0.25) is 0 Å². The van der Waals surface area contributed by atoms with Gasteiger partial charge in [-0.1, -0.05) is 32.4 Å².